The molecule has 0 spiro atoms. The Hall–Kier alpha value is -1.81. The number of pyridine rings is 1. The van der Waals surface area contributed by atoms with Crippen LogP contribution in [0.2, 0.25) is 0 Å². The fraction of sp³-hybridized carbons (Fsp3) is 0.444. The second-order valence-corrected chi connectivity index (χ2v) is 6.39. The number of para-hydroxylation sites is 1. The summed E-state index contributed by atoms with van der Waals surface area (Å²) >= 11 is 0. The third-order valence-electron chi connectivity index (χ3n) is 4.80. The van der Waals surface area contributed by atoms with Crippen LogP contribution in [0.3, 0.4) is 0 Å². The fourth-order valence-electron chi connectivity index (χ4n) is 3.70. The molecule has 1 aliphatic rings. The highest BCUT2D eigenvalue weighted by molar-refractivity contribution is 6.07. The largest absolute Gasteiger partial charge is 0.381 e. The van der Waals surface area contributed by atoms with Gasteiger partial charge in [0, 0.05) is 18.5 Å². The van der Waals surface area contributed by atoms with Crippen LogP contribution in [-0.4, -0.2) is 20.8 Å². The van der Waals surface area contributed by atoms with E-state index in [0.29, 0.717) is 6.04 Å². The van der Waals surface area contributed by atoms with Gasteiger partial charge in [-0.05, 0) is 25.8 Å². The lowest BCUT2D eigenvalue weighted by atomic mass is 9.95. The van der Waals surface area contributed by atoms with Gasteiger partial charge in [0.2, 0.25) is 0 Å². The summed E-state index contributed by atoms with van der Waals surface area (Å²) in [6.07, 6.45) is 6.55. The maximum Gasteiger partial charge on any atom is 0.160 e. The molecule has 0 atom stereocenters. The number of fused-ring (bicyclic) bond motifs is 2. The fourth-order valence-corrected chi connectivity index (χ4v) is 3.70. The maximum atomic E-state index is 4.81. The van der Waals surface area contributed by atoms with Crippen molar-refractivity contribution in [2.24, 2.45) is 7.05 Å². The smallest absolute Gasteiger partial charge is 0.160 e. The van der Waals surface area contributed by atoms with Gasteiger partial charge in [0.15, 0.2) is 5.65 Å². The first-order chi connectivity index (χ1) is 10.7. The third kappa shape index (κ3) is 2.76. The molecule has 122 valence electrons. The molecule has 1 aliphatic carbocycles. The van der Waals surface area contributed by atoms with Crippen molar-refractivity contribution in [2.75, 3.05) is 5.32 Å². The van der Waals surface area contributed by atoms with Gasteiger partial charge in [-0.2, -0.15) is 5.10 Å². The first kappa shape index (κ1) is 16.1. The summed E-state index contributed by atoms with van der Waals surface area (Å²) in [6.45, 7) is 2.07. The Morgan fingerprint density at radius 1 is 1.13 bits per heavy atom. The van der Waals surface area contributed by atoms with Gasteiger partial charge in [0.05, 0.1) is 22.3 Å². The standard InChI is InChI=1S/C18H22N4.ClH/c1-12-16-17(19-13-8-4-3-5-9-13)14-10-6-7-11-15(14)20-18(16)22(2)21-12;/h6-7,10-11,13H,3-5,8-9H2,1-2H3,(H,19,20);1H. The van der Waals surface area contributed by atoms with Gasteiger partial charge in [-0.25, -0.2) is 4.98 Å². The third-order valence-corrected chi connectivity index (χ3v) is 4.80. The minimum absolute atomic E-state index is 0. The Bertz CT molecular complexity index is 834. The van der Waals surface area contributed by atoms with E-state index in [4.69, 9.17) is 4.98 Å². The summed E-state index contributed by atoms with van der Waals surface area (Å²) in [4.78, 5) is 4.81. The molecule has 2 aromatic heterocycles. The van der Waals surface area contributed by atoms with Crippen LogP contribution in [0.15, 0.2) is 24.3 Å². The molecule has 4 rings (SSSR count). The Labute approximate surface area is 142 Å². The summed E-state index contributed by atoms with van der Waals surface area (Å²) in [5, 5.41) is 10.8. The Morgan fingerprint density at radius 2 is 1.87 bits per heavy atom. The zero-order valence-electron chi connectivity index (χ0n) is 13.7. The van der Waals surface area contributed by atoms with Gasteiger partial charge in [0.25, 0.3) is 0 Å². The highest BCUT2D eigenvalue weighted by Gasteiger charge is 2.19. The maximum absolute atomic E-state index is 4.81. The van der Waals surface area contributed by atoms with Crippen molar-refractivity contribution in [1.82, 2.24) is 14.8 Å². The van der Waals surface area contributed by atoms with Crippen LogP contribution in [0, 0.1) is 6.92 Å². The number of aryl methyl sites for hydroxylation is 2. The van der Waals surface area contributed by atoms with Gasteiger partial charge in [-0.15, -0.1) is 12.4 Å². The van der Waals surface area contributed by atoms with Gasteiger partial charge < -0.3 is 5.32 Å². The zero-order valence-corrected chi connectivity index (χ0v) is 14.5. The zero-order chi connectivity index (χ0) is 15.1. The highest BCUT2D eigenvalue weighted by Crippen LogP contribution is 2.34. The molecule has 0 radical (unpaired) electrons. The lowest BCUT2D eigenvalue weighted by Crippen LogP contribution is -2.22. The summed E-state index contributed by atoms with van der Waals surface area (Å²) in [6, 6.07) is 8.97. The van der Waals surface area contributed by atoms with Crippen LogP contribution >= 0.6 is 12.4 Å². The Kier molecular flexibility index (Phi) is 4.44. The average Bonchev–Trinajstić information content (AvgIpc) is 2.82. The minimum Gasteiger partial charge on any atom is -0.381 e. The summed E-state index contributed by atoms with van der Waals surface area (Å²) < 4.78 is 1.89. The number of hydrogen-bond donors (Lipinski definition) is 1. The van der Waals surface area contributed by atoms with Crippen molar-refractivity contribution in [3.63, 3.8) is 0 Å². The predicted molar refractivity (Wildman–Crippen MR) is 98.5 cm³/mol. The topological polar surface area (TPSA) is 42.7 Å². The summed E-state index contributed by atoms with van der Waals surface area (Å²) in [5.74, 6) is 0. The number of nitrogens with zero attached hydrogens (tertiary/aromatic N) is 3. The molecule has 4 nitrogen and oxygen atoms in total. The number of halogens is 1. The predicted octanol–water partition coefficient (Wildman–Crippen LogP) is 4.60. The molecule has 1 fully saturated rings. The lowest BCUT2D eigenvalue weighted by Gasteiger charge is -2.25. The van der Waals surface area contributed by atoms with E-state index in [0.717, 1.165) is 16.9 Å². The number of benzene rings is 1. The number of aromatic nitrogens is 3. The molecule has 3 aromatic rings. The number of nitrogens with one attached hydrogen (secondary N) is 1. The van der Waals surface area contributed by atoms with Gasteiger partial charge in [-0.3, -0.25) is 4.68 Å². The quantitative estimate of drug-likeness (QED) is 0.747. The lowest BCUT2D eigenvalue weighted by molar-refractivity contribution is 0.463. The molecule has 0 bridgehead atoms. The number of anilines is 1. The molecule has 1 aromatic carbocycles. The van der Waals surface area contributed by atoms with Crippen LogP contribution < -0.4 is 5.32 Å². The summed E-state index contributed by atoms with van der Waals surface area (Å²) in [5.41, 5.74) is 4.28. The average molecular weight is 331 g/mol. The first-order valence-corrected chi connectivity index (χ1v) is 8.22. The molecule has 0 unspecified atom stereocenters. The Morgan fingerprint density at radius 3 is 2.65 bits per heavy atom. The van der Waals surface area contributed by atoms with E-state index in [1.165, 1.54) is 48.6 Å². The van der Waals surface area contributed by atoms with Gasteiger partial charge >= 0.3 is 0 Å². The van der Waals surface area contributed by atoms with E-state index < -0.39 is 0 Å². The monoisotopic (exact) mass is 330 g/mol. The van der Waals surface area contributed by atoms with E-state index in [9.17, 15) is 0 Å². The van der Waals surface area contributed by atoms with Crippen molar-refractivity contribution in [2.45, 2.75) is 45.1 Å². The number of rotatable bonds is 2. The minimum atomic E-state index is 0. The molecule has 0 saturated heterocycles. The second kappa shape index (κ2) is 6.36. The van der Waals surface area contributed by atoms with Crippen molar-refractivity contribution < 1.29 is 0 Å². The first-order valence-electron chi connectivity index (χ1n) is 8.22. The molecule has 5 heteroatoms. The van der Waals surface area contributed by atoms with Crippen molar-refractivity contribution in [3.8, 4) is 0 Å². The molecule has 1 N–H and O–H groups in total. The van der Waals surface area contributed by atoms with Crippen LogP contribution in [0.5, 0.6) is 0 Å². The molecule has 0 amide bonds. The highest BCUT2D eigenvalue weighted by atomic mass is 35.5. The van der Waals surface area contributed by atoms with Crippen LogP contribution in [0.4, 0.5) is 5.69 Å². The summed E-state index contributed by atoms with van der Waals surface area (Å²) in [7, 11) is 1.97. The molecular formula is C18H23ClN4. The van der Waals surface area contributed by atoms with Crippen molar-refractivity contribution >= 4 is 40.0 Å². The van der Waals surface area contributed by atoms with E-state index in [1.807, 2.05) is 11.7 Å². The number of hydrogen-bond acceptors (Lipinski definition) is 3. The van der Waals surface area contributed by atoms with Crippen LogP contribution in [0.1, 0.15) is 37.8 Å². The molecule has 0 aliphatic heterocycles. The van der Waals surface area contributed by atoms with E-state index >= 15 is 0 Å². The Balaban J connectivity index is 0.00000156. The molecule has 2 heterocycles. The molecule has 1 saturated carbocycles. The van der Waals surface area contributed by atoms with Crippen molar-refractivity contribution in [1.29, 1.82) is 0 Å². The van der Waals surface area contributed by atoms with E-state index in [-0.39, 0.29) is 12.4 Å². The SMILES string of the molecule is Cc1nn(C)c2nc3ccccc3c(NC3CCCCC3)c12.Cl. The molecular weight excluding hydrogens is 308 g/mol. The van der Waals surface area contributed by atoms with Gasteiger partial charge in [-0.1, -0.05) is 37.5 Å². The van der Waals surface area contributed by atoms with Gasteiger partial charge in [0.1, 0.15) is 0 Å². The van der Waals surface area contributed by atoms with Crippen molar-refractivity contribution in [3.05, 3.63) is 30.0 Å². The molecule has 23 heavy (non-hydrogen) atoms. The van der Waals surface area contributed by atoms with E-state index in [2.05, 4.69) is 41.6 Å². The second-order valence-electron chi connectivity index (χ2n) is 6.39. The normalized spacial score (nSPS) is 15.7. The van der Waals surface area contributed by atoms with Crippen LogP contribution in [-0.2, 0) is 7.05 Å². The van der Waals surface area contributed by atoms with Crippen LogP contribution in [0.25, 0.3) is 21.9 Å². The van der Waals surface area contributed by atoms with E-state index in [1.54, 1.807) is 0 Å².